The number of nitrogens with zero attached hydrogens (tertiary/aromatic N) is 4. The number of rotatable bonds is 3. The van der Waals surface area contributed by atoms with Gasteiger partial charge in [0.25, 0.3) is 0 Å². The van der Waals surface area contributed by atoms with Crippen molar-refractivity contribution in [2.75, 3.05) is 41.7 Å². The molecule has 2 amide bonds. The van der Waals surface area contributed by atoms with Gasteiger partial charge in [0.15, 0.2) is 5.58 Å². The smallest absolute Gasteiger partial charge is 0.239 e. The maximum absolute atomic E-state index is 12.2. The van der Waals surface area contributed by atoms with E-state index in [1.165, 1.54) is 0 Å². The molecule has 1 aromatic carbocycles. The molecule has 33 heavy (non-hydrogen) atoms. The highest BCUT2D eigenvalue weighted by Crippen LogP contribution is 2.44. The minimum atomic E-state index is -0.507. The highest BCUT2D eigenvalue weighted by atomic mass is 16.3. The molecule has 2 aromatic heterocycles. The zero-order valence-corrected chi connectivity index (χ0v) is 18.3. The fourth-order valence-electron chi connectivity index (χ4n) is 5.29. The summed E-state index contributed by atoms with van der Waals surface area (Å²) in [5.74, 6) is -0.139. The van der Waals surface area contributed by atoms with Crippen LogP contribution >= 0.6 is 0 Å². The van der Waals surface area contributed by atoms with Crippen LogP contribution in [-0.2, 0) is 9.59 Å². The van der Waals surface area contributed by atoms with E-state index in [2.05, 4.69) is 31.2 Å². The van der Waals surface area contributed by atoms with Crippen molar-refractivity contribution in [3.05, 3.63) is 42.4 Å². The Bertz CT molecular complexity index is 1220. The summed E-state index contributed by atoms with van der Waals surface area (Å²) >= 11 is 0. The predicted molar refractivity (Wildman–Crippen MR) is 124 cm³/mol. The van der Waals surface area contributed by atoms with Gasteiger partial charge in [-0.3, -0.25) is 14.9 Å². The first-order valence-electron chi connectivity index (χ1n) is 11.4. The van der Waals surface area contributed by atoms with Gasteiger partial charge in [0.05, 0.1) is 11.9 Å². The number of piperidine rings is 2. The summed E-state index contributed by atoms with van der Waals surface area (Å²) in [5.41, 5.74) is 9.73. The molecule has 0 saturated carbocycles. The van der Waals surface area contributed by atoms with Gasteiger partial charge in [0.2, 0.25) is 17.7 Å². The Hall–Kier alpha value is -3.62. The number of imide groups is 1. The summed E-state index contributed by atoms with van der Waals surface area (Å²) in [7, 11) is 0. The van der Waals surface area contributed by atoms with Crippen molar-refractivity contribution in [3.8, 4) is 0 Å². The Kier molecular flexibility index (Phi) is 4.53. The van der Waals surface area contributed by atoms with Crippen molar-refractivity contribution in [3.63, 3.8) is 0 Å². The molecule has 0 unspecified atom stereocenters. The molecule has 3 aliphatic rings. The number of hydrogen-bond donors (Lipinski definition) is 2. The minimum absolute atomic E-state index is 0.239. The van der Waals surface area contributed by atoms with Crippen molar-refractivity contribution in [2.45, 2.75) is 31.6 Å². The number of hydrogen-bond acceptors (Lipinski definition) is 8. The van der Waals surface area contributed by atoms with E-state index in [9.17, 15) is 9.59 Å². The van der Waals surface area contributed by atoms with Crippen LogP contribution in [0, 0.1) is 5.41 Å². The van der Waals surface area contributed by atoms with Crippen molar-refractivity contribution in [2.24, 2.45) is 5.41 Å². The molecule has 9 heteroatoms. The fourth-order valence-corrected chi connectivity index (χ4v) is 5.29. The Morgan fingerprint density at radius 1 is 1.06 bits per heavy atom. The lowest BCUT2D eigenvalue weighted by molar-refractivity contribution is -0.134. The zero-order valence-electron chi connectivity index (χ0n) is 18.3. The number of carbonyl (C=O) groups is 2. The monoisotopic (exact) mass is 446 g/mol. The first-order valence-corrected chi connectivity index (χ1v) is 11.4. The summed E-state index contributed by atoms with van der Waals surface area (Å²) < 4.78 is 5.95. The normalized spacial score (nSPS) is 22.5. The molecule has 1 atom stereocenters. The maximum Gasteiger partial charge on any atom is 0.239 e. The maximum atomic E-state index is 12.2. The second kappa shape index (κ2) is 7.47. The summed E-state index contributed by atoms with van der Waals surface area (Å²) in [4.78, 5) is 37.1. The Morgan fingerprint density at radius 2 is 1.85 bits per heavy atom. The highest BCUT2D eigenvalue weighted by Gasteiger charge is 2.45. The van der Waals surface area contributed by atoms with E-state index in [1.807, 2.05) is 30.5 Å². The molecule has 3 aromatic rings. The zero-order chi connectivity index (χ0) is 22.6. The van der Waals surface area contributed by atoms with Crippen molar-refractivity contribution < 1.29 is 14.0 Å². The largest absolute Gasteiger partial charge is 0.440 e. The summed E-state index contributed by atoms with van der Waals surface area (Å²) in [6.07, 6.45) is 4.90. The molecular weight excluding hydrogens is 420 g/mol. The molecule has 0 bridgehead atoms. The first kappa shape index (κ1) is 20.0. The SMILES string of the molecule is Nc1ccc(N2CCC3(CC2)CN(c2ccc4nc([C@H]5CCC(=O)NC5=O)oc4c2)C3)cn1. The van der Waals surface area contributed by atoms with E-state index in [-0.39, 0.29) is 11.8 Å². The topological polar surface area (TPSA) is 118 Å². The molecule has 0 radical (unpaired) electrons. The van der Waals surface area contributed by atoms with Gasteiger partial charge >= 0.3 is 0 Å². The van der Waals surface area contributed by atoms with Gasteiger partial charge in [0.1, 0.15) is 17.3 Å². The highest BCUT2D eigenvalue weighted by molar-refractivity contribution is 6.00. The van der Waals surface area contributed by atoms with E-state index in [4.69, 9.17) is 10.2 Å². The third-order valence-corrected chi connectivity index (χ3v) is 7.30. The summed E-state index contributed by atoms with van der Waals surface area (Å²) in [6.45, 7) is 4.10. The third-order valence-electron chi connectivity index (χ3n) is 7.30. The van der Waals surface area contributed by atoms with Crippen LogP contribution in [0.4, 0.5) is 17.2 Å². The van der Waals surface area contributed by atoms with E-state index in [1.54, 1.807) is 0 Å². The standard InChI is InChI=1S/C24H26N6O3/c25-20-5-2-16(12-26-20)29-9-7-24(8-10-29)13-30(14-24)15-1-4-18-19(11-15)33-23(27-18)17-3-6-21(31)28-22(17)32/h1-2,4-5,11-12,17H,3,6-10,13-14H2,(H2,25,26)(H,28,31,32)/t17-/m0/s1. The van der Waals surface area contributed by atoms with Crippen molar-refractivity contribution in [1.82, 2.24) is 15.3 Å². The summed E-state index contributed by atoms with van der Waals surface area (Å²) in [5, 5.41) is 2.37. The Morgan fingerprint density at radius 3 is 2.58 bits per heavy atom. The lowest BCUT2D eigenvalue weighted by atomic mass is 9.71. The number of oxazole rings is 1. The van der Waals surface area contributed by atoms with Crippen molar-refractivity contribution in [1.29, 1.82) is 0 Å². The fraction of sp³-hybridized carbons (Fsp3) is 0.417. The molecule has 0 aliphatic carbocycles. The Labute approximate surface area is 190 Å². The van der Waals surface area contributed by atoms with Crippen LogP contribution in [0.1, 0.15) is 37.5 Å². The van der Waals surface area contributed by atoms with E-state index in [0.29, 0.717) is 35.5 Å². The van der Waals surface area contributed by atoms with Gasteiger partial charge in [-0.1, -0.05) is 0 Å². The van der Waals surface area contributed by atoms with Crippen molar-refractivity contribution >= 4 is 40.1 Å². The molecule has 6 rings (SSSR count). The lowest BCUT2D eigenvalue weighted by Gasteiger charge is -2.55. The van der Waals surface area contributed by atoms with Gasteiger partial charge in [0, 0.05) is 49.8 Å². The molecule has 3 aliphatic heterocycles. The molecule has 3 fully saturated rings. The molecule has 3 N–H and O–H groups in total. The number of nitrogen functional groups attached to an aromatic ring is 1. The number of nitrogens with one attached hydrogen (secondary N) is 1. The van der Waals surface area contributed by atoms with Crippen LogP contribution in [0.25, 0.3) is 11.1 Å². The number of pyridine rings is 1. The van der Waals surface area contributed by atoms with E-state index >= 15 is 0 Å². The lowest BCUT2D eigenvalue weighted by Crippen LogP contribution is -2.60. The average Bonchev–Trinajstić information content (AvgIpc) is 3.21. The molecule has 9 nitrogen and oxygen atoms in total. The summed E-state index contributed by atoms with van der Waals surface area (Å²) in [6, 6.07) is 9.94. The van der Waals surface area contributed by atoms with Gasteiger partial charge in [-0.15, -0.1) is 0 Å². The molecule has 170 valence electrons. The molecule has 5 heterocycles. The second-order valence-corrected chi connectivity index (χ2v) is 9.49. The third kappa shape index (κ3) is 3.57. The van der Waals surface area contributed by atoms with Crippen LogP contribution in [0.2, 0.25) is 0 Å². The van der Waals surface area contributed by atoms with Crippen LogP contribution in [-0.4, -0.2) is 48.0 Å². The predicted octanol–water partition coefficient (Wildman–Crippen LogP) is 2.43. The van der Waals surface area contributed by atoms with Crippen LogP contribution in [0.3, 0.4) is 0 Å². The van der Waals surface area contributed by atoms with Crippen LogP contribution in [0.15, 0.2) is 40.9 Å². The number of amides is 2. The van der Waals surface area contributed by atoms with Gasteiger partial charge in [-0.2, -0.15) is 0 Å². The van der Waals surface area contributed by atoms with Gasteiger partial charge < -0.3 is 20.0 Å². The molecular formula is C24H26N6O3. The molecule has 3 saturated heterocycles. The number of carbonyl (C=O) groups excluding carboxylic acids is 2. The number of nitrogens with two attached hydrogens (primary N) is 1. The number of anilines is 3. The van der Waals surface area contributed by atoms with Crippen LogP contribution in [0.5, 0.6) is 0 Å². The Balaban J connectivity index is 1.11. The van der Waals surface area contributed by atoms with E-state index < -0.39 is 5.92 Å². The number of fused-ring (bicyclic) bond motifs is 1. The number of aromatic nitrogens is 2. The first-order chi connectivity index (χ1) is 16.0. The van der Waals surface area contributed by atoms with Gasteiger partial charge in [-0.05, 0) is 43.5 Å². The minimum Gasteiger partial charge on any atom is -0.440 e. The quantitative estimate of drug-likeness (QED) is 0.589. The van der Waals surface area contributed by atoms with Crippen LogP contribution < -0.4 is 20.9 Å². The average molecular weight is 447 g/mol. The molecule has 1 spiro atoms. The van der Waals surface area contributed by atoms with E-state index in [0.717, 1.165) is 55.9 Å². The van der Waals surface area contributed by atoms with Gasteiger partial charge in [-0.25, -0.2) is 9.97 Å². The second-order valence-electron chi connectivity index (χ2n) is 9.49. The number of benzene rings is 1.